The number of rotatable bonds is 3. The highest BCUT2D eigenvalue weighted by Crippen LogP contribution is 2.35. The zero-order valence-corrected chi connectivity index (χ0v) is 15.0. The Balaban J connectivity index is 1.61. The van der Waals surface area contributed by atoms with Gasteiger partial charge >= 0.3 is 6.03 Å². The SMILES string of the molecule is C[C@]1(c2cccc(Br)c2)NC(=O)N(Cc2ccc3c(c2)OCO3)C1=O. The lowest BCUT2D eigenvalue weighted by molar-refractivity contribution is -0.131. The molecule has 1 saturated heterocycles. The standard InChI is InChI=1S/C18H15BrN2O4/c1-18(12-3-2-4-13(19)8-12)16(22)21(17(23)20-18)9-11-5-6-14-15(7-11)25-10-24-14/h2-8H,9-10H2,1H3,(H,20,23)/t18-/m1/s1. The molecule has 0 spiro atoms. The molecule has 4 rings (SSSR count). The largest absolute Gasteiger partial charge is 0.454 e. The smallest absolute Gasteiger partial charge is 0.325 e. The first-order valence-electron chi connectivity index (χ1n) is 7.76. The van der Waals surface area contributed by atoms with Crippen molar-refractivity contribution in [2.24, 2.45) is 0 Å². The molecule has 2 heterocycles. The average Bonchev–Trinajstić information content (AvgIpc) is 3.13. The molecule has 128 valence electrons. The summed E-state index contributed by atoms with van der Waals surface area (Å²) in [5.74, 6) is 1.01. The number of urea groups is 1. The molecule has 2 aliphatic rings. The van der Waals surface area contributed by atoms with Gasteiger partial charge in [0, 0.05) is 4.47 Å². The minimum absolute atomic E-state index is 0.172. The topological polar surface area (TPSA) is 67.9 Å². The predicted molar refractivity (Wildman–Crippen MR) is 93.1 cm³/mol. The third kappa shape index (κ3) is 2.64. The molecule has 1 N–H and O–H groups in total. The minimum atomic E-state index is -1.09. The Morgan fingerprint density at radius 1 is 1.16 bits per heavy atom. The highest BCUT2D eigenvalue weighted by atomic mass is 79.9. The Hall–Kier alpha value is -2.54. The predicted octanol–water partition coefficient (Wildman–Crippen LogP) is 3.15. The van der Waals surface area contributed by atoms with Crippen molar-refractivity contribution in [3.8, 4) is 11.5 Å². The lowest BCUT2D eigenvalue weighted by Crippen LogP contribution is -2.40. The number of carbonyl (C=O) groups excluding carboxylic acids is 2. The zero-order valence-electron chi connectivity index (χ0n) is 13.4. The van der Waals surface area contributed by atoms with Crippen LogP contribution < -0.4 is 14.8 Å². The van der Waals surface area contributed by atoms with Crippen LogP contribution in [0.1, 0.15) is 18.1 Å². The van der Waals surface area contributed by atoms with Crippen LogP contribution in [0.25, 0.3) is 0 Å². The molecule has 7 heteroatoms. The van der Waals surface area contributed by atoms with Crippen molar-refractivity contribution in [2.45, 2.75) is 19.0 Å². The number of ether oxygens (including phenoxy) is 2. The van der Waals surface area contributed by atoms with Crippen LogP contribution in [0, 0.1) is 0 Å². The number of imide groups is 1. The van der Waals surface area contributed by atoms with Gasteiger partial charge in [-0.15, -0.1) is 0 Å². The summed E-state index contributed by atoms with van der Waals surface area (Å²) in [5.41, 5.74) is 0.441. The Morgan fingerprint density at radius 2 is 1.96 bits per heavy atom. The second-order valence-corrected chi connectivity index (χ2v) is 7.06. The van der Waals surface area contributed by atoms with Gasteiger partial charge in [-0.1, -0.05) is 34.1 Å². The summed E-state index contributed by atoms with van der Waals surface area (Å²) < 4.78 is 11.5. The van der Waals surface area contributed by atoms with Gasteiger partial charge in [-0.25, -0.2) is 4.79 Å². The van der Waals surface area contributed by atoms with Crippen molar-refractivity contribution >= 4 is 27.9 Å². The summed E-state index contributed by atoms with van der Waals surface area (Å²) in [6.07, 6.45) is 0. The first-order chi connectivity index (χ1) is 12.0. The van der Waals surface area contributed by atoms with E-state index in [1.54, 1.807) is 19.1 Å². The third-order valence-electron chi connectivity index (χ3n) is 4.45. The number of nitrogens with zero attached hydrogens (tertiary/aromatic N) is 1. The summed E-state index contributed by atoms with van der Waals surface area (Å²) >= 11 is 3.40. The molecule has 2 aromatic carbocycles. The molecule has 0 bridgehead atoms. The highest BCUT2D eigenvalue weighted by molar-refractivity contribution is 9.10. The van der Waals surface area contributed by atoms with E-state index < -0.39 is 11.6 Å². The van der Waals surface area contributed by atoms with Gasteiger partial charge in [0.25, 0.3) is 5.91 Å². The van der Waals surface area contributed by atoms with Gasteiger partial charge in [-0.3, -0.25) is 9.69 Å². The van der Waals surface area contributed by atoms with E-state index in [2.05, 4.69) is 21.2 Å². The van der Waals surface area contributed by atoms with Crippen LogP contribution in [-0.4, -0.2) is 23.6 Å². The molecule has 0 saturated carbocycles. The molecule has 0 unspecified atom stereocenters. The quantitative estimate of drug-likeness (QED) is 0.800. The molecular formula is C18H15BrN2O4. The average molecular weight is 403 g/mol. The van der Waals surface area contributed by atoms with Crippen molar-refractivity contribution in [1.82, 2.24) is 10.2 Å². The molecule has 1 atom stereocenters. The van der Waals surface area contributed by atoms with E-state index in [9.17, 15) is 9.59 Å². The van der Waals surface area contributed by atoms with Gasteiger partial charge < -0.3 is 14.8 Å². The van der Waals surface area contributed by atoms with E-state index in [-0.39, 0.29) is 19.2 Å². The highest BCUT2D eigenvalue weighted by Gasteiger charge is 2.48. The van der Waals surface area contributed by atoms with Gasteiger partial charge in [-0.05, 0) is 42.3 Å². The van der Waals surface area contributed by atoms with Crippen LogP contribution in [0.2, 0.25) is 0 Å². The number of benzene rings is 2. The maximum atomic E-state index is 13.0. The summed E-state index contributed by atoms with van der Waals surface area (Å²) in [7, 11) is 0. The third-order valence-corrected chi connectivity index (χ3v) is 4.95. The van der Waals surface area contributed by atoms with Crippen LogP contribution >= 0.6 is 15.9 Å². The molecular weight excluding hydrogens is 388 g/mol. The normalized spacial score (nSPS) is 21.6. The Labute approximate surface area is 152 Å². The molecule has 1 fully saturated rings. The fourth-order valence-electron chi connectivity index (χ4n) is 3.06. The molecule has 2 aliphatic heterocycles. The van der Waals surface area contributed by atoms with E-state index in [1.807, 2.05) is 30.3 Å². The van der Waals surface area contributed by atoms with Gasteiger partial charge in [0.05, 0.1) is 6.54 Å². The Kier molecular flexibility index (Phi) is 3.68. The van der Waals surface area contributed by atoms with E-state index in [1.165, 1.54) is 4.90 Å². The lowest BCUT2D eigenvalue weighted by atomic mass is 9.92. The first kappa shape index (κ1) is 16.0. The summed E-state index contributed by atoms with van der Waals surface area (Å²) in [6, 6.07) is 12.4. The summed E-state index contributed by atoms with van der Waals surface area (Å²) in [4.78, 5) is 26.6. The summed E-state index contributed by atoms with van der Waals surface area (Å²) in [5, 5.41) is 2.81. The number of halogens is 1. The van der Waals surface area contributed by atoms with Gasteiger partial charge in [-0.2, -0.15) is 0 Å². The van der Waals surface area contributed by atoms with Gasteiger partial charge in [0.1, 0.15) is 5.54 Å². The molecule has 6 nitrogen and oxygen atoms in total. The molecule has 0 aromatic heterocycles. The lowest BCUT2D eigenvalue weighted by Gasteiger charge is -2.22. The molecule has 0 aliphatic carbocycles. The number of amides is 3. The van der Waals surface area contributed by atoms with E-state index in [0.29, 0.717) is 11.5 Å². The molecule has 0 radical (unpaired) electrons. The zero-order chi connectivity index (χ0) is 17.6. The van der Waals surface area contributed by atoms with Crippen molar-refractivity contribution in [2.75, 3.05) is 6.79 Å². The molecule has 3 amide bonds. The van der Waals surface area contributed by atoms with Crippen LogP contribution in [0.15, 0.2) is 46.9 Å². The first-order valence-corrected chi connectivity index (χ1v) is 8.55. The number of carbonyl (C=O) groups is 2. The number of hydrogen-bond acceptors (Lipinski definition) is 4. The Morgan fingerprint density at radius 3 is 2.76 bits per heavy atom. The summed E-state index contributed by atoms with van der Waals surface area (Å²) in [6.45, 7) is 2.07. The monoisotopic (exact) mass is 402 g/mol. The van der Waals surface area contributed by atoms with Crippen LogP contribution in [0.3, 0.4) is 0 Å². The van der Waals surface area contributed by atoms with E-state index >= 15 is 0 Å². The van der Waals surface area contributed by atoms with Crippen molar-refractivity contribution < 1.29 is 19.1 Å². The minimum Gasteiger partial charge on any atom is -0.454 e. The fraction of sp³-hybridized carbons (Fsp3) is 0.222. The van der Waals surface area contributed by atoms with Crippen molar-refractivity contribution in [1.29, 1.82) is 0 Å². The maximum absolute atomic E-state index is 13.0. The van der Waals surface area contributed by atoms with Crippen molar-refractivity contribution in [3.05, 3.63) is 58.1 Å². The molecule has 2 aromatic rings. The number of fused-ring (bicyclic) bond motifs is 1. The van der Waals surface area contributed by atoms with Crippen LogP contribution in [-0.2, 0) is 16.9 Å². The maximum Gasteiger partial charge on any atom is 0.325 e. The van der Waals surface area contributed by atoms with Crippen LogP contribution in [0.5, 0.6) is 11.5 Å². The van der Waals surface area contributed by atoms with Crippen molar-refractivity contribution in [3.63, 3.8) is 0 Å². The Bertz CT molecular complexity index is 885. The second kappa shape index (κ2) is 5.77. The van der Waals surface area contributed by atoms with Gasteiger partial charge in [0.2, 0.25) is 6.79 Å². The van der Waals surface area contributed by atoms with E-state index in [0.717, 1.165) is 15.6 Å². The van der Waals surface area contributed by atoms with Crippen LogP contribution in [0.4, 0.5) is 4.79 Å². The fourth-order valence-corrected chi connectivity index (χ4v) is 3.46. The number of nitrogens with one attached hydrogen (secondary N) is 1. The number of hydrogen-bond donors (Lipinski definition) is 1. The van der Waals surface area contributed by atoms with Gasteiger partial charge in [0.15, 0.2) is 11.5 Å². The second-order valence-electron chi connectivity index (χ2n) is 6.14. The van der Waals surface area contributed by atoms with E-state index in [4.69, 9.17) is 9.47 Å². The molecule has 25 heavy (non-hydrogen) atoms.